The molecule has 0 bridgehead atoms. The van der Waals surface area contributed by atoms with E-state index in [4.69, 9.17) is 19.4 Å². The third-order valence-electron chi connectivity index (χ3n) is 13.0. The molecule has 1 aliphatic carbocycles. The van der Waals surface area contributed by atoms with Crippen LogP contribution in [0.4, 0.5) is 0 Å². The van der Waals surface area contributed by atoms with Crippen LogP contribution in [0.2, 0.25) is 0 Å². The van der Waals surface area contributed by atoms with E-state index in [0.29, 0.717) is 17.5 Å². The minimum absolute atomic E-state index is 0.221. The molecule has 3 aromatic heterocycles. The molecule has 1 aliphatic rings. The van der Waals surface area contributed by atoms with Gasteiger partial charge in [0.05, 0.1) is 11.0 Å². The highest BCUT2D eigenvalue weighted by atomic mass is 16.3. The molecule has 13 rings (SSSR count). The van der Waals surface area contributed by atoms with Crippen LogP contribution in [0.5, 0.6) is 0 Å². The number of fused-ring (bicyclic) bond motifs is 11. The van der Waals surface area contributed by atoms with Crippen LogP contribution in [-0.4, -0.2) is 19.5 Å². The first-order chi connectivity index (χ1) is 29.9. The van der Waals surface area contributed by atoms with E-state index in [9.17, 15) is 0 Å². The van der Waals surface area contributed by atoms with Gasteiger partial charge in [-0.25, -0.2) is 15.0 Å². The molecule has 9 aromatic carbocycles. The summed E-state index contributed by atoms with van der Waals surface area (Å²) in [7, 11) is 0. The summed E-state index contributed by atoms with van der Waals surface area (Å²) < 4.78 is 8.79. The minimum Gasteiger partial charge on any atom is -0.456 e. The van der Waals surface area contributed by atoms with Crippen LogP contribution >= 0.6 is 0 Å². The molecule has 0 atom stereocenters. The predicted molar refractivity (Wildman–Crippen MR) is 250 cm³/mol. The molecular weight excluding hydrogens is 745 g/mol. The average Bonchev–Trinajstić information content (AvgIpc) is 3.91. The van der Waals surface area contributed by atoms with Crippen LogP contribution in [0.25, 0.3) is 116 Å². The Bertz CT molecular complexity index is 3700. The molecule has 286 valence electrons. The van der Waals surface area contributed by atoms with Gasteiger partial charge in [0, 0.05) is 49.3 Å². The zero-order chi connectivity index (χ0) is 40.4. The van der Waals surface area contributed by atoms with Gasteiger partial charge in [0.15, 0.2) is 17.5 Å². The normalized spacial score (nSPS) is 13.2. The first-order valence-electron chi connectivity index (χ1n) is 20.8. The van der Waals surface area contributed by atoms with Crippen molar-refractivity contribution in [3.8, 4) is 51.0 Å². The van der Waals surface area contributed by atoms with Gasteiger partial charge in [-0.3, -0.25) is 0 Å². The lowest BCUT2D eigenvalue weighted by Gasteiger charge is -2.21. The molecular formula is C56H36N4O. The molecule has 5 heteroatoms. The van der Waals surface area contributed by atoms with Crippen LogP contribution in [0.1, 0.15) is 25.0 Å². The van der Waals surface area contributed by atoms with E-state index in [1.54, 1.807) is 0 Å². The summed E-state index contributed by atoms with van der Waals surface area (Å²) in [6, 6.07) is 64.9. The number of aromatic nitrogens is 4. The molecule has 0 saturated carbocycles. The standard InChI is InChI=1S/C56H36N4O/c1-56(2)47-31-50-45(29-43(47)44-30-46-42-16-8-10-18-51(42)61-52(46)32-48(44)56)41-15-7-9-17-49(41)60(50)40-25-23-35(24-26-40)53-57-54(38-21-19-33-11-3-5-13-36(33)27-38)59-55(58-53)39-22-20-34-12-4-6-14-37(34)28-39/h3-32H,1-2H3. The fraction of sp³-hybridized carbons (Fsp3) is 0.0536. The van der Waals surface area contributed by atoms with E-state index in [-0.39, 0.29) is 5.41 Å². The molecule has 0 aliphatic heterocycles. The number of furan rings is 1. The van der Waals surface area contributed by atoms with E-state index in [1.807, 2.05) is 6.07 Å². The number of benzene rings is 9. The number of hydrogen-bond donors (Lipinski definition) is 0. The molecule has 0 unspecified atom stereocenters. The van der Waals surface area contributed by atoms with Crippen LogP contribution < -0.4 is 0 Å². The maximum absolute atomic E-state index is 6.38. The van der Waals surface area contributed by atoms with Gasteiger partial charge >= 0.3 is 0 Å². The monoisotopic (exact) mass is 780 g/mol. The Labute approximate surface area is 351 Å². The number of nitrogens with zero attached hydrogens (tertiary/aromatic N) is 4. The predicted octanol–water partition coefficient (Wildman–Crippen LogP) is 14.5. The third kappa shape index (κ3) is 5.10. The number of rotatable bonds is 4. The van der Waals surface area contributed by atoms with E-state index >= 15 is 0 Å². The summed E-state index contributed by atoms with van der Waals surface area (Å²) in [6.45, 7) is 4.68. The Kier molecular flexibility index (Phi) is 7.00. The van der Waals surface area contributed by atoms with Crippen molar-refractivity contribution in [1.82, 2.24) is 19.5 Å². The van der Waals surface area contributed by atoms with Crippen LogP contribution in [-0.2, 0) is 5.41 Å². The lowest BCUT2D eigenvalue weighted by Crippen LogP contribution is -2.15. The Hall–Kier alpha value is -7.89. The summed E-state index contributed by atoms with van der Waals surface area (Å²) in [5, 5.41) is 9.42. The van der Waals surface area contributed by atoms with E-state index in [0.717, 1.165) is 55.1 Å². The first kappa shape index (κ1) is 34.0. The molecule has 0 N–H and O–H groups in total. The molecule has 0 radical (unpaired) electrons. The van der Waals surface area contributed by atoms with Crippen molar-refractivity contribution in [1.29, 1.82) is 0 Å². The number of para-hydroxylation sites is 2. The second-order valence-electron chi connectivity index (χ2n) is 16.9. The van der Waals surface area contributed by atoms with Crippen LogP contribution in [0.3, 0.4) is 0 Å². The molecule has 0 spiro atoms. The van der Waals surface area contributed by atoms with Crippen molar-refractivity contribution < 1.29 is 4.42 Å². The SMILES string of the molecule is CC1(C)c2cc3oc4ccccc4c3cc2-c2cc3c4ccccc4n(-c4ccc(-c5nc(-c6ccc7ccccc7c6)nc(-c6ccc7ccccc7c6)n5)cc4)c3cc21. The maximum atomic E-state index is 6.38. The van der Waals surface area contributed by atoms with Gasteiger partial charge in [-0.1, -0.05) is 123 Å². The second-order valence-corrected chi connectivity index (χ2v) is 16.9. The van der Waals surface area contributed by atoms with Crippen molar-refractivity contribution >= 4 is 65.3 Å². The zero-order valence-electron chi connectivity index (χ0n) is 33.5. The van der Waals surface area contributed by atoms with E-state index in [1.165, 1.54) is 54.8 Å². The molecule has 3 heterocycles. The van der Waals surface area contributed by atoms with Crippen molar-refractivity contribution in [3.63, 3.8) is 0 Å². The van der Waals surface area contributed by atoms with Gasteiger partial charge in [0.25, 0.3) is 0 Å². The quantitative estimate of drug-likeness (QED) is 0.178. The first-order valence-corrected chi connectivity index (χ1v) is 20.8. The highest BCUT2D eigenvalue weighted by molar-refractivity contribution is 6.13. The van der Waals surface area contributed by atoms with Gasteiger partial charge in [-0.15, -0.1) is 0 Å². The zero-order valence-corrected chi connectivity index (χ0v) is 33.5. The Morgan fingerprint density at radius 3 is 1.59 bits per heavy atom. The van der Waals surface area contributed by atoms with Gasteiger partial charge in [-0.05, 0) is 117 Å². The van der Waals surface area contributed by atoms with Crippen molar-refractivity contribution in [2.75, 3.05) is 0 Å². The third-order valence-corrected chi connectivity index (χ3v) is 13.0. The fourth-order valence-corrected chi connectivity index (χ4v) is 9.87. The van der Waals surface area contributed by atoms with Gasteiger partial charge in [-0.2, -0.15) is 0 Å². The summed E-state index contributed by atoms with van der Waals surface area (Å²) >= 11 is 0. The Balaban J connectivity index is 0.956. The second kappa shape index (κ2) is 12.6. The molecule has 12 aromatic rings. The Morgan fingerprint density at radius 2 is 0.918 bits per heavy atom. The summed E-state index contributed by atoms with van der Waals surface area (Å²) in [5.74, 6) is 1.92. The van der Waals surface area contributed by atoms with Gasteiger partial charge in [0.2, 0.25) is 0 Å². The average molecular weight is 781 g/mol. The topological polar surface area (TPSA) is 56.7 Å². The van der Waals surface area contributed by atoms with Crippen LogP contribution in [0, 0.1) is 0 Å². The van der Waals surface area contributed by atoms with Crippen molar-refractivity contribution in [2.24, 2.45) is 0 Å². The van der Waals surface area contributed by atoms with E-state index < -0.39 is 0 Å². The van der Waals surface area contributed by atoms with E-state index in [2.05, 4.69) is 194 Å². The smallest absolute Gasteiger partial charge is 0.164 e. The molecule has 0 saturated heterocycles. The maximum Gasteiger partial charge on any atom is 0.164 e. The van der Waals surface area contributed by atoms with Crippen LogP contribution in [0.15, 0.2) is 186 Å². The number of hydrogen-bond acceptors (Lipinski definition) is 4. The van der Waals surface area contributed by atoms with Gasteiger partial charge in [0.1, 0.15) is 11.2 Å². The lowest BCUT2D eigenvalue weighted by atomic mass is 9.82. The van der Waals surface area contributed by atoms with Crippen molar-refractivity contribution in [2.45, 2.75) is 19.3 Å². The highest BCUT2D eigenvalue weighted by Crippen LogP contribution is 2.53. The molecule has 0 fully saturated rings. The molecule has 61 heavy (non-hydrogen) atoms. The summed E-state index contributed by atoms with van der Waals surface area (Å²) in [5.41, 5.74) is 13.1. The summed E-state index contributed by atoms with van der Waals surface area (Å²) in [4.78, 5) is 15.4. The highest BCUT2D eigenvalue weighted by Gasteiger charge is 2.37. The van der Waals surface area contributed by atoms with Crippen molar-refractivity contribution in [3.05, 3.63) is 193 Å². The largest absolute Gasteiger partial charge is 0.456 e. The molecule has 5 nitrogen and oxygen atoms in total. The minimum atomic E-state index is -0.221. The van der Waals surface area contributed by atoms with Gasteiger partial charge < -0.3 is 8.98 Å². The molecule has 0 amide bonds. The Morgan fingerprint density at radius 1 is 0.393 bits per heavy atom. The lowest BCUT2D eigenvalue weighted by molar-refractivity contribution is 0.647. The summed E-state index contributed by atoms with van der Waals surface area (Å²) in [6.07, 6.45) is 0. The fourth-order valence-electron chi connectivity index (χ4n) is 9.87.